The maximum absolute atomic E-state index is 9.94. The third-order valence-corrected chi connectivity index (χ3v) is 3.83. The molecule has 1 unspecified atom stereocenters. The minimum Gasteiger partial charge on any atom is -0.389 e. The summed E-state index contributed by atoms with van der Waals surface area (Å²) in [5.74, 6) is 0.923. The summed E-state index contributed by atoms with van der Waals surface area (Å²) in [5.41, 5.74) is 1.32. The molecule has 0 heterocycles. The Labute approximate surface area is 87.2 Å². The van der Waals surface area contributed by atoms with Crippen LogP contribution in [0.25, 0.3) is 0 Å². The van der Waals surface area contributed by atoms with E-state index in [2.05, 4.69) is 6.08 Å². The van der Waals surface area contributed by atoms with Crippen molar-refractivity contribution in [2.24, 2.45) is 5.92 Å². The zero-order valence-corrected chi connectivity index (χ0v) is 9.04. The van der Waals surface area contributed by atoms with E-state index in [9.17, 15) is 5.11 Å². The molecule has 14 heavy (non-hydrogen) atoms. The second-order valence-corrected chi connectivity index (χ2v) is 4.91. The quantitative estimate of drug-likeness (QED) is 0.680. The van der Waals surface area contributed by atoms with Crippen LogP contribution in [-0.4, -0.2) is 11.2 Å². The molecular formula is C13H22O. The molecule has 0 aromatic heterocycles. The molecule has 0 aromatic carbocycles. The van der Waals surface area contributed by atoms with Crippen LogP contribution in [0.3, 0.4) is 0 Å². The first-order valence-electron chi connectivity index (χ1n) is 6.23. The van der Waals surface area contributed by atoms with Gasteiger partial charge in [-0.05, 0) is 43.6 Å². The van der Waals surface area contributed by atoms with Crippen LogP contribution in [0.15, 0.2) is 11.6 Å². The number of allylic oxidation sites excluding steroid dienone is 1. The summed E-state index contributed by atoms with van der Waals surface area (Å²) in [6.45, 7) is 0. The zero-order chi connectivity index (χ0) is 9.80. The lowest BCUT2D eigenvalue weighted by atomic mass is 9.96. The number of aliphatic hydroxyl groups is 1. The predicted octanol–water partition coefficient (Wildman–Crippen LogP) is 3.43. The molecule has 1 N–H and O–H groups in total. The molecule has 0 saturated heterocycles. The maximum Gasteiger partial charge on any atom is 0.0750 e. The van der Waals surface area contributed by atoms with Crippen LogP contribution in [0.4, 0.5) is 0 Å². The van der Waals surface area contributed by atoms with E-state index in [0.29, 0.717) is 0 Å². The fraction of sp³-hybridized carbons (Fsp3) is 0.846. The molecule has 1 heteroatoms. The van der Waals surface area contributed by atoms with Crippen LogP contribution in [-0.2, 0) is 0 Å². The molecule has 2 rings (SSSR count). The average molecular weight is 194 g/mol. The van der Waals surface area contributed by atoms with E-state index in [-0.39, 0.29) is 6.10 Å². The Kier molecular flexibility index (Phi) is 3.63. The summed E-state index contributed by atoms with van der Waals surface area (Å²) >= 11 is 0. The lowest BCUT2D eigenvalue weighted by molar-refractivity contribution is 0.186. The summed E-state index contributed by atoms with van der Waals surface area (Å²) in [4.78, 5) is 0. The van der Waals surface area contributed by atoms with Crippen molar-refractivity contribution < 1.29 is 5.11 Å². The Bertz CT molecular complexity index is 201. The zero-order valence-electron chi connectivity index (χ0n) is 9.04. The number of rotatable bonds is 4. The summed E-state index contributed by atoms with van der Waals surface area (Å²) < 4.78 is 0. The first-order chi connectivity index (χ1) is 6.86. The van der Waals surface area contributed by atoms with E-state index in [1.54, 1.807) is 0 Å². The largest absolute Gasteiger partial charge is 0.389 e. The van der Waals surface area contributed by atoms with E-state index in [1.807, 2.05) is 0 Å². The Morgan fingerprint density at radius 1 is 1.29 bits per heavy atom. The molecule has 1 fully saturated rings. The van der Waals surface area contributed by atoms with E-state index in [0.717, 1.165) is 18.8 Å². The second kappa shape index (κ2) is 4.97. The van der Waals surface area contributed by atoms with Gasteiger partial charge in [-0.1, -0.05) is 31.8 Å². The van der Waals surface area contributed by atoms with Crippen molar-refractivity contribution in [2.75, 3.05) is 0 Å². The average Bonchev–Trinajstić information content (AvgIpc) is 2.87. The first kappa shape index (κ1) is 10.2. The highest BCUT2D eigenvalue weighted by atomic mass is 16.3. The van der Waals surface area contributed by atoms with Gasteiger partial charge in [0.1, 0.15) is 0 Å². The van der Waals surface area contributed by atoms with Gasteiger partial charge in [-0.15, -0.1) is 0 Å². The predicted molar refractivity (Wildman–Crippen MR) is 59.1 cm³/mol. The number of aliphatic hydroxyl groups excluding tert-OH is 1. The minimum absolute atomic E-state index is 0.113. The molecule has 0 amide bonds. The minimum atomic E-state index is -0.113. The summed E-state index contributed by atoms with van der Waals surface area (Å²) in [7, 11) is 0. The van der Waals surface area contributed by atoms with Gasteiger partial charge in [-0.2, -0.15) is 0 Å². The van der Waals surface area contributed by atoms with Crippen molar-refractivity contribution in [1.82, 2.24) is 0 Å². The highest BCUT2D eigenvalue weighted by Gasteiger charge is 2.19. The molecule has 1 saturated carbocycles. The van der Waals surface area contributed by atoms with Crippen LogP contribution in [0.2, 0.25) is 0 Å². The summed E-state index contributed by atoms with van der Waals surface area (Å²) in [6.07, 6.45) is 13.6. The molecule has 0 aliphatic heterocycles. The lowest BCUT2D eigenvalue weighted by Crippen LogP contribution is -2.10. The number of hydrogen-bond acceptors (Lipinski definition) is 1. The van der Waals surface area contributed by atoms with Crippen molar-refractivity contribution in [1.29, 1.82) is 0 Å². The highest BCUT2D eigenvalue weighted by molar-refractivity contribution is 5.12. The summed E-state index contributed by atoms with van der Waals surface area (Å²) in [6, 6.07) is 0. The Morgan fingerprint density at radius 2 is 2.07 bits per heavy atom. The van der Waals surface area contributed by atoms with Gasteiger partial charge in [0.15, 0.2) is 0 Å². The molecule has 0 radical (unpaired) electrons. The van der Waals surface area contributed by atoms with Crippen molar-refractivity contribution in [3.8, 4) is 0 Å². The van der Waals surface area contributed by atoms with E-state index < -0.39 is 0 Å². The van der Waals surface area contributed by atoms with Gasteiger partial charge in [0.2, 0.25) is 0 Å². The molecule has 0 spiro atoms. The van der Waals surface area contributed by atoms with Crippen molar-refractivity contribution in [3.63, 3.8) is 0 Å². The monoisotopic (exact) mass is 194 g/mol. The van der Waals surface area contributed by atoms with Crippen molar-refractivity contribution in [2.45, 2.75) is 63.9 Å². The third kappa shape index (κ3) is 2.60. The van der Waals surface area contributed by atoms with Gasteiger partial charge in [0.05, 0.1) is 6.10 Å². The maximum atomic E-state index is 9.94. The molecule has 2 aliphatic rings. The summed E-state index contributed by atoms with van der Waals surface area (Å²) in [5, 5.41) is 9.94. The van der Waals surface area contributed by atoms with E-state index in [1.165, 1.54) is 50.5 Å². The van der Waals surface area contributed by atoms with Crippen LogP contribution in [0, 0.1) is 5.92 Å². The fourth-order valence-electron chi connectivity index (χ4n) is 2.88. The molecule has 2 aliphatic carbocycles. The van der Waals surface area contributed by atoms with Gasteiger partial charge in [0, 0.05) is 0 Å². The normalized spacial score (nSPS) is 25.4. The standard InChI is InChI=1S/C13H22O/c14-13(12-7-3-4-8-12)10-9-11-5-1-2-6-11/h7,11,13-14H,1-6,8-10H2. The Hall–Kier alpha value is -0.300. The smallest absolute Gasteiger partial charge is 0.0750 e. The fourth-order valence-corrected chi connectivity index (χ4v) is 2.88. The molecule has 1 nitrogen and oxygen atoms in total. The number of hydrogen-bond donors (Lipinski definition) is 1. The van der Waals surface area contributed by atoms with Gasteiger partial charge in [0.25, 0.3) is 0 Å². The topological polar surface area (TPSA) is 20.2 Å². The first-order valence-corrected chi connectivity index (χ1v) is 6.23. The molecule has 0 aromatic rings. The van der Waals surface area contributed by atoms with Crippen LogP contribution in [0.5, 0.6) is 0 Å². The molecular weight excluding hydrogens is 172 g/mol. The second-order valence-electron chi connectivity index (χ2n) is 4.91. The third-order valence-electron chi connectivity index (χ3n) is 3.83. The van der Waals surface area contributed by atoms with Gasteiger partial charge in [-0.3, -0.25) is 0 Å². The molecule has 0 bridgehead atoms. The Balaban J connectivity index is 1.68. The van der Waals surface area contributed by atoms with Crippen LogP contribution < -0.4 is 0 Å². The SMILES string of the molecule is OC(CCC1CCCC1)C1=CCCC1. The van der Waals surface area contributed by atoms with Crippen LogP contribution >= 0.6 is 0 Å². The van der Waals surface area contributed by atoms with Gasteiger partial charge in [-0.25, -0.2) is 0 Å². The molecule has 80 valence electrons. The van der Waals surface area contributed by atoms with Crippen molar-refractivity contribution in [3.05, 3.63) is 11.6 Å². The van der Waals surface area contributed by atoms with Crippen molar-refractivity contribution >= 4 is 0 Å². The van der Waals surface area contributed by atoms with Gasteiger partial charge >= 0.3 is 0 Å². The Morgan fingerprint density at radius 3 is 2.71 bits per heavy atom. The van der Waals surface area contributed by atoms with Crippen LogP contribution in [0.1, 0.15) is 57.8 Å². The lowest BCUT2D eigenvalue weighted by Gasteiger charge is -2.14. The van der Waals surface area contributed by atoms with E-state index in [4.69, 9.17) is 0 Å². The highest BCUT2D eigenvalue weighted by Crippen LogP contribution is 2.31. The van der Waals surface area contributed by atoms with E-state index >= 15 is 0 Å². The molecule has 1 atom stereocenters. The van der Waals surface area contributed by atoms with Gasteiger partial charge < -0.3 is 5.11 Å².